The van der Waals surface area contributed by atoms with E-state index in [2.05, 4.69) is 9.64 Å². The average molecular weight is 388 g/mol. The molecule has 0 amide bonds. The zero-order valence-corrected chi connectivity index (χ0v) is 15.9. The number of hydrogen-bond donors (Lipinski definition) is 1. The number of piperazine rings is 1. The maximum atomic E-state index is 13.9. The van der Waals surface area contributed by atoms with E-state index in [1.807, 2.05) is 11.0 Å². The minimum absolute atomic E-state index is 0.123. The highest BCUT2D eigenvalue weighted by Gasteiger charge is 2.21. The third-order valence-electron chi connectivity index (χ3n) is 4.73. The monoisotopic (exact) mass is 388 g/mol. The summed E-state index contributed by atoms with van der Waals surface area (Å²) >= 11 is 0. The molecule has 0 bridgehead atoms. The molecule has 1 fully saturated rings. The standard InChI is InChI=1S/C21H25FN2O4/c1-27-21(26)16-5-4-6-18(13-16)28-15-17(25)14-23-9-11-24(12-10-23)20-8-3-2-7-19(20)22/h2-8,13,17,25H,9-12,14-15H2,1H3/t17-/m0/s1. The van der Waals surface area contributed by atoms with E-state index in [4.69, 9.17) is 4.74 Å². The van der Waals surface area contributed by atoms with Crippen molar-refractivity contribution in [3.63, 3.8) is 0 Å². The lowest BCUT2D eigenvalue weighted by molar-refractivity contribution is 0.0597. The fourth-order valence-electron chi connectivity index (χ4n) is 3.25. The Hall–Kier alpha value is -2.64. The zero-order chi connectivity index (χ0) is 19.9. The van der Waals surface area contributed by atoms with Crippen LogP contribution >= 0.6 is 0 Å². The predicted octanol–water partition coefficient (Wildman–Crippen LogP) is 2.17. The smallest absolute Gasteiger partial charge is 0.337 e. The highest BCUT2D eigenvalue weighted by Crippen LogP contribution is 2.20. The van der Waals surface area contributed by atoms with Crippen molar-refractivity contribution in [3.8, 4) is 5.75 Å². The molecular weight excluding hydrogens is 363 g/mol. The zero-order valence-electron chi connectivity index (χ0n) is 15.9. The summed E-state index contributed by atoms with van der Waals surface area (Å²) in [6, 6.07) is 13.4. The Morgan fingerprint density at radius 2 is 1.89 bits per heavy atom. The van der Waals surface area contributed by atoms with Gasteiger partial charge in [0.25, 0.3) is 0 Å². The molecule has 1 atom stereocenters. The van der Waals surface area contributed by atoms with Gasteiger partial charge in [0, 0.05) is 32.7 Å². The molecule has 0 aromatic heterocycles. The van der Waals surface area contributed by atoms with Crippen LogP contribution in [0, 0.1) is 5.82 Å². The lowest BCUT2D eigenvalue weighted by atomic mass is 10.2. The number of aliphatic hydroxyl groups is 1. The van der Waals surface area contributed by atoms with E-state index in [9.17, 15) is 14.3 Å². The second-order valence-electron chi connectivity index (χ2n) is 6.72. The number of anilines is 1. The number of carbonyl (C=O) groups is 1. The minimum atomic E-state index is -0.665. The SMILES string of the molecule is COC(=O)c1cccc(OC[C@@H](O)CN2CCN(c3ccccc3F)CC2)c1. The molecule has 1 saturated heterocycles. The van der Waals surface area contributed by atoms with Crippen LogP contribution in [0.1, 0.15) is 10.4 Å². The van der Waals surface area contributed by atoms with E-state index in [0.29, 0.717) is 36.6 Å². The van der Waals surface area contributed by atoms with Crippen LogP contribution in [0.2, 0.25) is 0 Å². The summed E-state index contributed by atoms with van der Waals surface area (Å²) in [5.74, 6) is -0.136. The molecule has 1 aliphatic rings. The third-order valence-corrected chi connectivity index (χ3v) is 4.73. The number of rotatable bonds is 7. The van der Waals surface area contributed by atoms with Crippen molar-refractivity contribution in [2.45, 2.75) is 6.10 Å². The van der Waals surface area contributed by atoms with Crippen LogP contribution in [0.15, 0.2) is 48.5 Å². The van der Waals surface area contributed by atoms with Crippen LogP contribution in [0.25, 0.3) is 0 Å². The summed E-state index contributed by atoms with van der Waals surface area (Å²) in [5, 5.41) is 10.3. The van der Waals surface area contributed by atoms with E-state index in [1.54, 1.807) is 36.4 Å². The molecule has 1 heterocycles. The summed E-state index contributed by atoms with van der Waals surface area (Å²) in [5.41, 5.74) is 1.02. The highest BCUT2D eigenvalue weighted by molar-refractivity contribution is 5.89. The lowest BCUT2D eigenvalue weighted by Crippen LogP contribution is -2.49. The van der Waals surface area contributed by atoms with Crippen LogP contribution in [0.4, 0.5) is 10.1 Å². The van der Waals surface area contributed by atoms with Gasteiger partial charge in [0.2, 0.25) is 0 Å². The summed E-state index contributed by atoms with van der Waals surface area (Å²) in [4.78, 5) is 15.7. The third kappa shape index (κ3) is 5.21. The molecule has 2 aromatic carbocycles. The maximum absolute atomic E-state index is 13.9. The Balaban J connectivity index is 1.44. The number of esters is 1. The molecule has 0 saturated carbocycles. The number of hydrogen-bond acceptors (Lipinski definition) is 6. The van der Waals surface area contributed by atoms with Gasteiger partial charge in [-0.05, 0) is 30.3 Å². The summed E-state index contributed by atoms with van der Waals surface area (Å²) in [6.45, 7) is 3.48. The number of para-hydroxylation sites is 1. The van der Waals surface area contributed by atoms with Gasteiger partial charge in [-0.25, -0.2) is 9.18 Å². The molecule has 0 unspecified atom stereocenters. The number of halogens is 1. The second-order valence-corrected chi connectivity index (χ2v) is 6.72. The van der Waals surface area contributed by atoms with Gasteiger partial charge in [0.05, 0.1) is 18.4 Å². The van der Waals surface area contributed by atoms with Gasteiger partial charge in [0.1, 0.15) is 24.3 Å². The fourth-order valence-corrected chi connectivity index (χ4v) is 3.25. The normalized spacial score (nSPS) is 15.9. The largest absolute Gasteiger partial charge is 0.491 e. The molecule has 0 radical (unpaired) electrons. The van der Waals surface area contributed by atoms with E-state index >= 15 is 0 Å². The van der Waals surface area contributed by atoms with Crippen LogP contribution < -0.4 is 9.64 Å². The Kier molecular flexibility index (Phi) is 6.84. The van der Waals surface area contributed by atoms with Crippen molar-refractivity contribution in [2.24, 2.45) is 0 Å². The van der Waals surface area contributed by atoms with E-state index in [0.717, 1.165) is 13.1 Å². The van der Waals surface area contributed by atoms with Gasteiger partial charge in [-0.3, -0.25) is 4.90 Å². The molecular formula is C21H25FN2O4. The van der Waals surface area contributed by atoms with Crippen LogP contribution in [0.3, 0.4) is 0 Å². The van der Waals surface area contributed by atoms with Gasteiger partial charge < -0.3 is 19.5 Å². The van der Waals surface area contributed by atoms with Crippen molar-refractivity contribution >= 4 is 11.7 Å². The molecule has 7 heteroatoms. The van der Waals surface area contributed by atoms with E-state index < -0.39 is 12.1 Å². The average Bonchev–Trinajstić information content (AvgIpc) is 2.73. The van der Waals surface area contributed by atoms with Crippen molar-refractivity contribution in [1.29, 1.82) is 0 Å². The quantitative estimate of drug-likeness (QED) is 0.734. The molecule has 1 aliphatic heterocycles. The van der Waals surface area contributed by atoms with Gasteiger partial charge in [-0.15, -0.1) is 0 Å². The van der Waals surface area contributed by atoms with Crippen LogP contribution in [-0.2, 0) is 4.74 Å². The first kappa shape index (κ1) is 20.1. The molecule has 0 aliphatic carbocycles. The fraction of sp³-hybridized carbons (Fsp3) is 0.381. The number of β-amino-alcohol motifs (C(OH)–C–C–N with tert-alkyl or cyclic N) is 1. The first-order valence-corrected chi connectivity index (χ1v) is 9.28. The molecule has 2 aromatic rings. The van der Waals surface area contributed by atoms with Gasteiger partial charge >= 0.3 is 5.97 Å². The Labute approximate surface area is 164 Å². The predicted molar refractivity (Wildman–Crippen MR) is 104 cm³/mol. The lowest BCUT2D eigenvalue weighted by Gasteiger charge is -2.36. The molecule has 6 nitrogen and oxygen atoms in total. The van der Waals surface area contributed by atoms with Crippen molar-refractivity contribution in [1.82, 2.24) is 4.90 Å². The first-order valence-electron chi connectivity index (χ1n) is 9.28. The second kappa shape index (κ2) is 9.52. The Morgan fingerprint density at radius 3 is 2.61 bits per heavy atom. The van der Waals surface area contributed by atoms with Crippen molar-refractivity contribution in [3.05, 3.63) is 59.9 Å². The number of aliphatic hydroxyl groups excluding tert-OH is 1. The number of ether oxygens (including phenoxy) is 2. The van der Waals surface area contributed by atoms with Gasteiger partial charge in [0.15, 0.2) is 0 Å². The minimum Gasteiger partial charge on any atom is -0.491 e. The molecule has 0 spiro atoms. The van der Waals surface area contributed by atoms with Gasteiger partial charge in [-0.1, -0.05) is 18.2 Å². The van der Waals surface area contributed by atoms with Crippen molar-refractivity contribution in [2.75, 3.05) is 51.3 Å². The Morgan fingerprint density at radius 1 is 1.14 bits per heavy atom. The topological polar surface area (TPSA) is 62.2 Å². The Bertz CT molecular complexity index is 793. The summed E-state index contributed by atoms with van der Waals surface area (Å²) in [7, 11) is 1.32. The highest BCUT2D eigenvalue weighted by atomic mass is 19.1. The summed E-state index contributed by atoms with van der Waals surface area (Å²) in [6.07, 6.45) is -0.665. The van der Waals surface area contributed by atoms with E-state index in [-0.39, 0.29) is 12.4 Å². The number of carbonyl (C=O) groups excluding carboxylic acids is 1. The number of methoxy groups -OCH3 is 1. The van der Waals surface area contributed by atoms with Crippen LogP contribution in [-0.4, -0.2) is 68.5 Å². The van der Waals surface area contributed by atoms with Gasteiger partial charge in [-0.2, -0.15) is 0 Å². The number of benzene rings is 2. The molecule has 28 heavy (non-hydrogen) atoms. The number of nitrogens with zero attached hydrogens (tertiary/aromatic N) is 2. The van der Waals surface area contributed by atoms with Crippen LogP contribution in [0.5, 0.6) is 5.75 Å². The molecule has 3 rings (SSSR count). The maximum Gasteiger partial charge on any atom is 0.337 e. The summed E-state index contributed by atoms with van der Waals surface area (Å²) < 4.78 is 24.2. The molecule has 150 valence electrons. The van der Waals surface area contributed by atoms with Crippen molar-refractivity contribution < 1.29 is 23.8 Å². The molecule has 1 N–H and O–H groups in total. The van der Waals surface area contributed by atoms with E-state index in [1.165, 1.54) is 13.2 Å². The first-order chi connectivity index (χ1) is 13.6.